The highest BCUT2D eigenvalue weighted by Crippen LogP contribution is 2.44. The van der Waals surface area contributed by atoms with E-state index < -0.39 is 0 Å². The van der Waals surface area contributed by atoms with Gasteiger partial charge in [0.15, 0.2) is 0 Å². The van der Waals surface area contributed by atoms with Gasteiger partial charge in [0, 0.05) is 40.9 Å². The molecule has 0 fully saturated rings. The lowest BCUT2D eigenvalue weighted by molar-refractivity contribution is 0.291. The Morgan fingerprint density at radius 3 is 2.25 bits per heavy atom. The molecular weight excluding hydrogens is 547 g/mol. The van der Waals surface area contributed by atoms with Gasteiger partial charge in [-0.2, -0.15) is 0 Å². The third-order valence-corrected chi connectivity index (χ3v) is 7.24. The predicted molar refractivity (Wildman–Crippen MR) is 183 cm³/mol. The number of nitrogens with zero attached hydrogens (tertiary/aromatic N) is 1. The number of hydrogen-bond donors (Lipinski definition) is 1. The lowest BCUT2D eigenvalue weighted by Gasteiger charge is -2.17. The van der Waals surface area contributed by atoms with Crippen LogP contribution in [0.3, 0.4) is 0 Å². The zero-order valence-corrected chi connectivity index (χ0v) is 27.6. The number of hydrogen-bond acceptors (Lipinski definition) is 4. The molecule has 5 heteroatoms. The maximum atomic E-state index is 13.5. The van der Waals surface area contributed by atoms with E-state index in [9.17, 15) is 4.39 Å². The quantitative estimate of drug-likeness (QED) is 0.209. The molecule has 0 bridgehead atoms. The van der Waals surface area contributed by atoms with Crippen molar-refractivity contribution in [1.82, 2.24) is 10.3 Å². The molecular formula is C39H49FN2O2. The number of fused-ring (bicyclic) bond motifs is 1. The van der Waals surface area contributed by atoms with Crippen LogP contribution in [0, 0.1) is 12.7 Å². The molecule has 234 valence electrons. The van der Waals surface area contributed by atoms with Gasteiger partial charge in [-0.05, 0) is 85.5 Å². The summed E-state index contributed by atoms with van der Waals surface area (Å²) < 4.78 is 25.1. The molecule has 4 aromatic rings. The molecule has 0 saturated carbocycles. The van der Waals surface area contributed by atoms with E-state index in [0.717, 1.165) is 63.7 Å². The summed E-state index contributed by atoms with van der Waals surface area (Å²) in [6.07, 6.45) is 3.12. The zero-order valence-electron chi connectivity index (χ0n) is 27.6. The molecule has 1 aliphatic heterocycles. The van der Waals surface area contributed by atoms with Crippen LogP contribution in [0.4, 0.5) is 4.39 Å². The van der Waals surface area contributed by atoms with Gasteiger partial charge in [0.2, 0.25) is 0 Å². The monoisotopic (exact) mass is 596 g/mol. The fraction of sp³-hybridized carbons (Fsp3) is 0.359. The molecule has 1 aromatic heterocycles. The molecule has 0 amide bonds. The van der Waals surface area contributed by atoms with Crippen molar-refractivity contribution < 1.29 is 13.9 Å². The van der Waals surface area contributed by atoms with E-state index in [0.29, 0.717) is 19.8 Å². The number of rotatable bonds is 9. The summed E-state index contributed by atoms with van der Waals surface area (Å²) in [5.74, 6) is 1.44. The van der Waals surface area contributed by atoms with Crippen molar-refractivity contribution in [2.24, 2.45) is 0 Å². The number of pyridine rings is 1. The molecule has 0 radical (unpaired) electrons. The van der Waals surface area contributed by atoms with Crippen LogP contribution in [0.5, 0.6) is 11.5 Å². The number of halogens is 1. The fourth-order valence-electron chi connectivity index (χ4n) is 4.81. The number of benzene rings is 3. The van der Waals surface area contributed by atoms with Crippen LogP contribution in [0.15, 0.2) is 85.4 Å². The maximum Gasteiger partial charge on any atom is 0.149 e. The van der Waals surface area contributed by atoms with Crippen LogP contribution in [0.2, 0.25) is 0 Å². The van der Waals surface area contributed by atoms with E-state index in [-0.39, 0.29) is 11.2 Å². The number of aromatic nitrogens is 1. The van der Waals surface area contributed by atoms with Crippen LogP contribution < -0.4 is 14.8 Å². The van der Waals surface area contributed by atoms with Crippen molar-refractivity contribution in [2.75, 3.05) is 19.8 Å². The molecule has 0 saturated heterocycles. The van der Waals surface area contributed by atoms with Gasteiger partial charge in [-0.15, -0.1) is 0 Å². The van der Waals surface area contributed by atoms with Crippen molar-refractivity contribution >= 4 is 5.70 Å². The average molecular weight is 597 g/mol. The molecule has 0 atom stereocenters. The van der Waals surface area contributed by atoms with Gasteiger partial charge in [-0.3, -0.25) is 0 Å². The third-order valence-electron chi connectivity index (χ3n) is 7.24. The summed E-state index contributed by atoms with van der Waals surface area (Å²) in [5, 5.41) is 3.43. The van der Waals surface area contributed by atoms with Crippen LogP contribution in [-0.4, -0.2) is 24.7 Å². The van der Waals surface area contributed by atoms with Gasteiger partial charge >= 0.3 is 0 Å². The second-order valence-electron chi connectivity index (χ2n) is 11.6. The first-order valence-electron chi connectivity index (χ1n) is 15.8. The molecule has 2 heterocycles. The SMILES string of the molecule is C=C(NCCc1cc2c(c(-c3ccc(F)cc3)n1)OCC2(C)C)c1ccc(OCC)c(C)c1.CCC.CCc1ccccc1. The second-order valence-corrected chi connectivity index (χ2v) is 11.6. The molecule has 44 heavy (non-hydrogen) atoms. The second kappa shape index (κ2) is 16.7. The molecule has 4 nitrogen and oxygen atoms in total. The zero-order chi connectivity index (χ0) is 32.1. The molecule has 1 aliphatic rings. The highest BCUT2D eigenvalue weighted by molar-refractivity contribution is 5.70. The molecule has 3 aromatic carbocycles. The van der Waals surface area contributed by atoms with Gasteiger partial charge in [0.25, 0.3) is 0 Å². The van der Waals surface area contributed by atoms with Gasteiger partial charge in [-0.1, -0.05) is 78.0 Å². The minimum atomic E-state index is -0.264. The van der Waals surface area contributed by atoms with E-state index in [1.54, 1.807) is 12.1 Å². The van der Waals surface area contributed by atoms with Gasteiger partial charge in [0.05, 0.1) is 13.2 Å². The Bertz CT molecular complexity index is 1480. The first-order valence-corrected chi connectivity index (χ1v) is 15.8. The standard InChI is InChI=1S/C28H31FN2O2.C8H10.C3H8/c1-6-32-25-12-9-21(15-18(25)2)19(3)30-14-13-23-16-24-27(33-17-28(24,4)5)26(31-23)20-7-10-22(29)11-8-20;1-2-8-6-4-3-5-7-8;1-3-2/h7-12,15-16,30H,3,6,13-14,17H2,1-2,4-5H3;3-7H,2H2,1H3;3H2,1-2H3. The summed E-state index contributed by atoms with van der Waals surface area (Å²) in [6, 6.07) is 25.1. The van der Waals surface area contributed by atoms with Crippen LogP contribution in [-0.2, 0) is 18.3 Å². The Balaban J connectivity index is 0.000000408. The largest absolute Gasteiger partial charge is 0.494 e. The predicted octanol–water partition coefficient (Wildman–Crippen LogP) is 9.73. The number of ether oxygens (including phenoxy) is 2. The Morgan fingerprint density at radius 1 is 0.977 bits per heavy atom. The number of nitrogens with one attached hydrogen (secondary N) is 1. The summed E-state index contributed by atoms with van der Waals surface area (Å²) in [4.78, 5) is 4.89. The Kier molecular flexibility index (Phi) is 13.0. The highest BCUT2D eigenvalue weighted by Gasteiger charge is 2.35. The van der Waals surface area contributed by atoms with E-state index in [1.807, 2.05) is 32.0 Å². The van der Waals surface area contributed by atoms with Gasteiger partial charge in [0.1, 0.15) is 23.0 Å². The van der Waals surface area contributed by atoms with Crippen molar-refractivity contribution in [1.29, 1.82) is 0 Å². The maximum absolute atomic E-state index is 13.5. The lowest BCUT2D eigenvalue weighted by atomic mass is 9.86. The van der Waals surface area contributed by atoms with Gasteiger partial charge < -0.3 is 14.8 Å². The van der Waals surface area contributed by atoms with Crippen molar-refractivity contribution in [3.63, 3.8) is 0 Å². The molecule has 0 unspecified atom stereocenters. The molecule has 5 rings (SSSR count). The fourth-order valence-corrected chi connectivity index (χ4v) is 4.81. The van der Waals surface area contributed by atoms with E-state index >= 15 is 0 Å². The van der Waals surface area contributed by atoms with Crippen LogP contribution in [0.25, 0.3) is 17.0 Å². The first kappa shape index (κ1) is 34.4. The topological polar surface area (TPSA) is 43.4 Å². The Morgan fingerprint density at radius 2 is 1.66 bits per heavy atom. The summed E-state index contributed by atoms with van der Waals surface area (Å²) in [7, 11) is 0. The average Bonchev–Trinajstić information content (AvgIpc) is 3.33. The summed E-state index contributed by atoms with van der Waals surface area (Å²) >= 11 is 0. The summed E-state index contributed by atoms with van der Waals surface area (Å²) in [6.45, 7) is 20.9. The van der Waals surface area contributed by atoms with Crippen molar-refractivity contribution in [2.45, 2.75) is 73.1 Å². The third kappa shape index (κ3) is 9.44. The normalized spacial score (nSPS) is 12.5. The van der Waals surface area contributed by atoms with Crippen LogP contribution in [0.1, 0.15) is 75.9 Å². The molecule has 0 spiro atoms. The van der Waals surface area contributed by atoms with E-state index in [2.05, 4.69) is 82.9 Å². The smallest absolute Gasteiger partial charge is 0.149 e. The van der Waals surface area contributed by atoms with Crippen molar-refractivity contribution in [3.05, 3.63) is 119 Å². The lowest BCUT2D eigenvalue weighted by Crippen LogP contribution is -2.19. The van der Waals surface area contributed by atoms with Crippen LogP contribution >= 0.6 is 0 Å². The number of aryl methyl sites for hydroxylation is 2. The molecule has 1 N–H and O–H groups in total. The molecule has 0 aliphatic carbocycles. The minimum absolute atomic E-state index is 0.0985. The first-order chi connectivity index (χ1) is 21.1. The van der Waals surface area contributed by atoms with E-state index in [4.69, 9.17) is 14.5 Å². The minimum Gasteiger partial charge on any atom is -0.494 e. The van der Waals surface area contributed by atoms with Gasteiger partial charge in [-0.25, -0.2) is 9.37 Å². The Labute approximate surface area is 264 Å². The van der Waals surface area contributed by atoms with E-state index in [1.165, 1.54) is 24.1 Å². The van der Waals surface area contributed by atoms with Crippen molar-refractivity contribution in [3.8, 4) is 22.8 Å². The Hall–Kier alpha value is -4.12. The summed E-state index contributed by atoms with van der Waals surface area (Å²) in [5.41, 5.74) is 8.05. The highest BCUT2D eigenvalue weighted by atomic mass is 19.1.